The summed E-state index contributed by atoms with van der Waals surface area (Å²) >= 11 is 0. The van der Waals surface area contributed by atoms with Gasteiger partial charge in [0.05, 0.1) is 0 Å². The number of ketones is 2. The number of rotatable bonds is 9. The minimum Gasteiger partial charge on any atom is -0.478 e. The Balaban J connectivity index is 4.38. The molecule has 0 fully saturated rings. The molecule has 0 amide bonds. The SMILES string of the molecule is CC(=O)COC(OCC(C)=O)OC(=O)/C=C/C(=O)O. The van der Waals surface area contributed by atoms with Gasteiger partial charge in [-0.1, -0.05) is 0 Å². The van der Waals surface area contributed by atoms with Crippen LogP contribution in [0.2, 0.25) is 0 Å². The second-order valence-corrected chi connectivity index (χ2v) is 3.42. The first-order valence-corrected chi connectivity index (χ1v) is 5.15. The Labute approximate surface area is 108 Å². The average Bonchev–Trinajstić information content (AvgIpc) is 2.29. The summed E-state index contributed by atoms with van der Waals surface area (Å²) in [5.41, 5.74) is 0. The molecule has 1 N–H and O–H groups in total. The van der Waals surface area contributed by atoms with Gasteiger partial charge < -0.3 is 19.3 Å². The summed E-state index contributed by atoms with van der Waals surface area (Å²) in [6, 6.07) is 0. The van der Waals surface area contributed by atoms with E-state index in [0.29, 0.717) is 12.2 Å². The van der Waals surface area contributed by atoms with Gasteiger partial charge in [-0.25, -0.2) is 9.59 Å². The van der Waals surface area contributed by atoms with E-state index in [-0.39, 0.29) is 24.8 Å². The fourth-order valence-corrected chi connectivity index (χ4v) is 0.760. The number of carboxylic acid groups (broad SMARTS) is 1. The van der Waals surface area contributed by atoms with Crippen molar-refractivity contribution in [3.63, 3.8) is 0 Å². The van der Waals surface area contributed by atoms with E-state index in [4.69, 9.17) is 14.6 Å². The van der Waals surface area contributed by atoms with Gasteiger partial charge in [0.2, 0.25) is 0 Å². The Bertz CT molecular complexity index is 366. The van der Waals surface area contributed by atoms with Gasteiger partial charge in [0.1, 0.15) is 13.2 Å². The van der Waals surface area contributed by atoms with E-state index in [0.717, 1.165) is 0 Å². The third-order valence-corrected chi connectivity index (χ3v) is 1.42. The van der Waals surface area contributed by atoms with Gasteiger partial charge in [-0.15, -0.1) is 0 Å². The molecule has 0 bridgehead atoms. The Morgan fingerprint density at radius 2 is 1.47 bits per heavy atom. The quantitative estimate of drug-likeness (QED) is 0.345. The molecule has 0 rings (SSSR count). The molecule has 19 heavy (non-hydrogen) atoms. The second-order valence-electron chi connectivity index (χ2n) is 3.42. The maximum Gasteiger partial charge on any atom is 0.335 e. The largest absolute Gasteiger partial charge is 0.478 e. The molecule has 0 aromatic carbocycles. The molecular formula is C11H14O8. The van der Waals surface area contributed by atoms with Crippen LogP contribution in [0.25, 0.3) is 0 Å². The zero-order valence-electron chi connectivity index (χ0n) is 10.5. The van der Waals surface area contributed by atoms with E-state index in [1.807, 2.05) is 0 Å². The summed E-state index contributed by atoms with van der Waals surface area (Å²) in [7, 11) is 0. The smallest absolute Gasteiger partial charge is 0.335 e. The van der Waals surface area contributed by atoms with Crippen molar-refractivity contribution in [2.75, 3.05) is 13.2 Å². The van der Waals surface area contributed by atoms with Crippen molar-refractivity contribution in [1.29, 1.82) is 0 Å². The Kier molecular flexibility index (Phi) is 7.98. The Morgan fingerprint density at radius 1 is 1.00 bits per heavy atom. The van der Waals surface area contributed by atoms with Crippen molar-refractivity contribution in [3.8, 4) is 0 Å². The van der Waals surface area contributed by atoms with E-state index in [9.17, 15) is 19.2 Å². The molecule has 0 spiro atoms. The summed E-state index contributed by atoms with van der Waals surface area (Å²) in [5, 5.41) is 8.30. The molecule has 0 aliphatic heterocycles. The summed E-state index contributed by atoms with van der Waals surface area (Å²) < 4.78 is 14.1. The molecule has 0 saturated heterocycles. The van der Waals surface area contributed by atoms with E-state index in [1.165, 1.54) is 13.8 Å². The second kappa shape index (κ2) is 8.95. The third kappa shape index (κ3) is 10.8. The Hall–Kier alpha value is -2.06. The molecule has 0 aliphatic rings. The molecule has 0 aromatic rings. The number of carbonyl (C=O) groups is 4. The monoisotopic (exact) mass is 274 g/mol. The predicted octanol–water partition coefficient (Wildman–Crippen LogP) is -0.335. The van der Waals surface area contributed by atoms with Crippen molar-refractivity contribution in [1.82, 2.24) is 0 Å². The van der Waals surface area contributed by atoms with Crippen LogP contribution in [0.1, 0.15) is 13.8 Å². The highest BCUT2D eigenvalue weighted by Gasteiger charge is 2.16. The lowest BCUT2D eigenvalue weighted by Crippen LogP contribution is -2.27. The highest BCUT2D eigenvalue weighted by molar-refractivity contribution is 5.90. The van der Waals surface area contributed by atoms with Crippen LogP contribution in [0.4, 0.5) is 0 Å². The normalized spacial score (nSPS) is 10.7. The predicted molar refractivity (Wildman–Crippen MR) is 59.9 cm³/mol. The average molecular weight is 274 g/mol. The maximum absolute atomic E-state index is 11.1. The fourth-order valence-electron chi connectivity index (χ4n) is 0.760. The number of hydrogen-bond acceptors (Lipinski definition) is 7. The molecule has 0 atom stereocenters. The topological polar surface area (TPSA) is 116 Å². The number of carbonyl (C=O) groups excluding carboxylic acids is 3. The molecule has 0 unspecified atom stereocenters. The van der Waals surface area contributed by atoms with Gasteiger partial charge >= 0.3 is 18.4 Å². The van der Waals surface area contributed by atoms with Crippen LogP contribution in [-0.2, 0) is 33.4 Å². The van der Waals surface area contributed by atoms with Gasteiger partial charge in [0, 0.05) is 12.2 Å². The fraction of sp³-hybridized carbons (Fsp3) is 0.455. The highest BCUT2D eigenvalue weighted by atomic mass is 16.9. The molecule has 0 saturated carbocycles. The molecule has 8 heteroatoms. The lowest BCUT2D eigenvalue weighted by atomic mass is 10.5. The summed E-state index contributed by atoms with van der Waals surface area (Å²) in [6.45, 7) is 0.179. The number of ether oxygens (including phenoxy) is 3. The van der Waals surface area contributed by atoms with Crippen LogP contribution in [0.15, 0.2) is 12.2 Å². The molecule has 8 nitrogen and oxygen atoms in total. The molecule has 0 radical (unpaired) electrons. The van der Waals surface area contributed by atoms with Gasteiger partial charge in [0.15, 0.2) is 11.6 Å². The first-order chi connectivity index (χ1) is 8.81. The van der Waals surface area contributed by atoms with Crippen LogP contribution in [-0.4, -0.2) is 48.3 Å². The number of aliphatic carboxylic acids is 1. The van der Waals surface area contributed by atoms with Crippen molar-refractivity contribution in [2.45, 2.75) is 20.3 Å². The van der Waals surface area contributed by atoms with Crippen LogP contribution in [0.5, 0.6) is 0 Å². The highest BCUT2D eigenvalue weighted by Crippen LogP contribution is 2.00. The van der Waals surface area contributed by atoms with E-state index in [1.54, 1.807) is 0 Å². The zero-order valence-corrected chi connectivity index (χ0v) is 10.5. The summed E-state index contributed by atoms with van der Waals surface area (Å²) in [6.07, 6.45) is 1.21. The minimum atomic E-state index is -1.56. The molecule has 0 aliphatic carbocycles. The lowest BCUT2D eigenvalue weighted by molar-refractivity contribution is -0.268. The van der Waals surface area contributed by atoms with Crippen molar-refractivity contribution in [2.24, 2.45) is 0 Å². The molecule has 0 heterocycles. The van der Waals surface area contributed by atoms with Crippen molar-refractivity contribution in [3.05, 3.63) is 12.2 Å². The third-order valence-electron chi connectivity index (χ3n) is 1.42. The first-order valence-electron chi connectivity index (χ1n) is 5.15. The van der Waals surface area contributed by atoms with Gasteiger partial charge in [0.25, 0.3) is 0 Å². The van der Waals surface area contributed by atoms with Crippen LogP contribution in [0, 0.1) is 0 Å². The van der Waals surface area contributed by atoms with E-state index >= 15 is 0 Å². The van der Waals surface area contributed by atoms with E-state index < -0.39 is 18.4 Å². The summed E-state index contributed by atoms with van der Waals surface area (Å²) in [4.78, 5) is 42.7. The molecule has 106 valence electrons. The van der Waals surface area contributed by atoms with Gasteiger partial charge in [-0.2, -0.15) is 0 Å². The van der Waals surface area contributed by atoms with Crippen LogP contribution in [0.3, 0.4) is 0 Å². The van der Waals surface area contributed by atoms with E-state index in [2.05, 4.69) is 4.74 Å². The summed E-state index contributed by atoms with van der Waals surface area (Å²) in [5.74, 6) is -3.05. The lowest BCUT2D eigenvalue weighted by Gasteiger charge is -2.16. The Morgan fingerprint density at radius 3 is 1.84 bits per heavy atom. The van der Waals surface area contributed by atoms with Gasteiger partial charge in [-0.3, -0.25) is 9.59 Å². The van der Waals surface area contributed by atoms with Crippen LogP contribution >= 0.6 is 0 Å². The standard InChI is InChI=1S/C11H14O8/c1-7(12)5-17-11(18-6-8(2)13)19-10(16)4-3-9(14)15/h3-4,11H,5-6H2,1-2H3,(H,14,15)/b4-3+. The van der Waals surface area contributed by atoms with Crippen LogP contribution < -0.4 is 0 Å². The number of carboxylic acids is 1. The molecular weight excluding hydrogens is 260 g/mol. The number of Topliss-reactive ketones (excluding diaryl/α,β-unsaturated/α-hetero) is 2. The van der Waals surface area contributed by atoms with Gasteiger partial charge in [-0.05, 0) is 13.8 Å². The number of esters is 1. The first kappa shape index (κ1) is 16.9. The van der Waals surface area contributed by atoms with Crippen molar-refractivity contribution < 1.29 is 38.5 Å². The molecule has 0 aromatic heterocycles. The zero-order chi connectivity index (χ0) is 14.8. The maximum atomic E-state index is 11.1. The minimum absolute atomic E-state index is 0.339. The van der Waals surface area contributed by atoms with Crippen molar-refractivity contribution >= 4 is 23.5 Å². The number of hydrogen-bond donors (Lipinski definition) is 1.